The summed E-state index contributed by atoms with van der Waals surface area (Å²) in [5.41, 5.74) is 5.06. The zero-order chi connectivity index (χ0) is 10.6. The van der Waals surface area contributed by atoms with Crippen LogP contribution in [0.5, 0.6) is 0 Å². The summed E-state index contributed by atoms with van der Waals surface area (Å²) in [6.45, 7) is 1.01. The molecule has 1 atom stereocenters. The molecule has 2 rings (SSSR count). The Morgan fingerprint density at radius 1 is 1.53 bits per heavy atom. The van der Waals surface area contributed by atoms with Gasteiger partial charge in [0.15, 0.2) is 0 Å². The summed E-state index contributed by atoms with van der Waals surface area (Å²) in [5.74, 6) is 0. The summed E-state index contributed by atoms with van der Waals surface area (Å²) in [5, 5.41) is 13.2. The highest BCUT2D eigenvalue weighted by Gasteiger charge is 2.11. The van der Waals surface area contributed by atoms with Crippen molar-refractivity contribution < 1.29 is 4.92 Å². The fraction of sp³-hybridized carbons (Fsp3) is 0.250. The van der Waals surface area contributed by atoms with Crippen LogP contribution < -0.4 is 17.2 Å². The van der Waals surface area contributed by atoms with Crippen LogP contribution in [0, 0.1) is 10.1 Å². The highest BCUT2D eigenvalue weighted by molar-refractivity contribution is 6.32. The maximum Gasteiger partial charge on any atom is 0.287 e. The smallest absolute Gasteiger partial charge is 0.287 e. The van der Waals surface area contributed by atoms with Crippen LogP contribution >= 0.6 is 11.6 Å². The molecule has 6 nitrogen and oxygen atoms in total. The van der Waals surface area contributed by atoms with Crippen LogP contribution in [0.1, 0.15) is 0 Å². The molecule has 0 radical (unpaired) electrons. The largest absolute Gasteiger partial charge is 0.344 e. The number of nitrogens with one attached hydrogen (secondary N) is 1. The van der Waals surface area contributed by atoms with Gasteiger partial charge in [-0.25, -0.2) is 0 Å². The van der Waals surface area contributed by atoms with E-state index in [4.69, 9.17) is 17.3 Å². The molecule has 0 saturated carbocycles. The Labute approximate surface area is 92.1 Å². The minimum atomic E-state index is -0.512. The Balaban J connectivity index is 0.000000331. The van der Waals surface area contributed by atoms with Crippen LogP contribution in [0.2, 0.25) is 5.02 Å². The van der Waals surface area contributed by atoms with Gasteiger partial charge < -0.3 is 11.9 Å². The number of nitrogens with two attached hydrogens (primary N) is 1. The van der Waals surface area contributed by atoms with Crippen molar-refractivity contribution in [3.05, 3.63) is 39.4 Å². The lowest BCUT2D eigenvalue weighted by atomic mass is 10.3. The number of para-hydroxylation sites is 1. The molecule has 1 aromatic rings. The third-order valence-electron chi connectivity index (χ3n) is 1.49. The van der Waals surface area contributed by atoms with E-state index in [9.17, 15) is 10.1 Å². The summed E-state index contributed by atoms with van der Waals surface area (Å²) in [6.07, 6.45) is 0.333. The molecule has 0 spiro atoms. The van der Waals surface area contributed by atoms with Crippen LogP contribution in [0.3, 0.4) is 0 Å². The van der Waals surface area contributed by atoms with E-state index in [-0.39, 0.29) is 16.9 Å². The molecule has 1 saturated heterocycles. The molecule has 1 fully saturated rings. The molecule has 15 heavy (non-hydrogen) atoms. The number of hydrogen-bond donors (Lipinski definition) is 3. The number of nitrogens with zero attached hydrogens (tertiary/aromatic N) is 1. The average molecular weight is 233 g/mol. The van der Waals surface area contributed by atoms with Gasteiger partial charge in [-0.3, -0.25) is 15.4 Å². The molecular formula is C8H13ClN4O2. The maximum atomic E-state index is 10.1. The normalized spacial score (nSPS) is 16.8. The van der Waals surface area contributed by atoms with E-state index in [1.54, 1.807) is 12.1 Å². The minimum absolute atomic E-state index is 0. The van der Waals surface area contributed by atoms with Crippen molar-refractivity contribution in [2.75, 3.05) is 6.54 Å². The summed E-state index contributed by atoms with van der Waals surface area (Å²) in [7, 11) is 0. The van der Waals surface area contributed by atoms with E-state index in [0.717, 1.165) is 6.54 Å². The molecule has 1 aliphatic heterocycles. The van der Waals surface area contributed by atoms with Gasteiger partial charge in [0.05, 0.1) is 11.1 Å². The minimum Gasteiger partial charge on any atom is -0.344 e. The lowest BCUT2D eigenvalue weighted by Crippen LogP contribution is -2.02. The van der Waals surface area contributed by atoms with E-state index in [2.05, 4.69) is 5.32 Å². The molecule has 0 aliphatic carbocycles. The standard InChI is InChI=1S/C6H4ClNO2.C2H6N2.H3N/c7-5-3-1-2-4-6(5)8(9)10;3-2-1-4-2;/h1-4H;2,4H,1,3H2;1H3. The Kier molecular flexibility index (Phi) is 5.80. The second kappa shape index (κ2) is 6.31. The van der Waals surface area contributed by atoms with Crippen LogP contribution in [-0.2, 0) is 0 Å². The number of nitro benzene ring substituents is 1. The number of nitro groups is 1. The summed E-state index contributed by atoms with van der Waals surface area (Å²) >= 11 is 5.48. The molecule has 0 bridgehead atoms. The van der Waals surface area contributed by atoms with Crippen molar-refractivity contribution in [3.8, 4) is 0 Å². The van der Waals surface area contributed by atoms with Crippen molar-refractivity contribution in [1.82, 2.24) is 11.5 Å². The second-order valence-electron chi connectivity index (χ2n) is 2.72. The monoisotopic (exact) mass is 232 g/mol. The van der Waals surface area contributed by atoms with Crippen LogP contribution in [0.4, 0.5) is 5.69 Å². The third-order valence-corrected chi connectivity index (χ3v) is 1.81. The highest BCUT2D eigenvalue weighted by Crippen LogP contribution is 2.21. The quantitative estimate of drug-likeness (QED) is 0.382. The van der Waals surface area contributed by atoms with E-state index in [1.165, 1.54) is 12.1 Å². The molecule has 1 aromatic carbocycles. The Hall–Kier alpha value is -1.21. The molecule has 1 unspecified atom stereocenters. The molecular weight excluding hydrogens is 220 g/mol. The predicted molar refractivity (Wildman–Crippen MR) is 59.1 cm³/mol. The first kappa shape index (κ1) is 13.8. The third kappa shape index (κ3) is 5.28. The Bertz CT molecular complexity index is 330. The number of hydrogen-bond acceptors (Lipinski definition) is 5. The van der Waals surface area contributed by atoms with Crippen molar-refractivity contribution in [3.63, 3.8) is 0 Å². The lowest BCUT2D eigenvalue weighted by Gasteiger charge is -1.90. The van der Waals surface area contributed by atoms with Crippen molar-refractivity contribution in [1.29, 1.82) is 0 Å². The average Bonchev–Trinajstić information content (AvgIpc) is 2.89. The number of rotatable bonds is 1. The van der Waals surface area contributed by atoms with Crippen molar-refractivity contribution >= 4 is 17.3 Å². The molecule has 1 heterocycles. The molecule has 0 amide bonds. The van der Waals surface area contributed by atoms with E-state index in [0.29, 0.717) is 6.17 Å². The molecule has 84 valence electrons. The summed E-state index contributed by atoms with van der Waals surface area (Å²) < 4.78 is 0. The molecule has 1 aliphatic rings. The number of halogens is 1. The van der Waals surface area contributed by atoms with Gasteiger partial charge in [0, 0.05) is 12.6 Å². The summed E-state index contributed by atoms with van der Waals surface area (Å²) in [6, 6.07) is 6.07. The first-order chi connectivity index (χ1) is 6.61. The first-order valence-electron chi connectivity index (χ1n) is 3.99. The maximum absolute atomic E-state index is 10.1. The zero-order valence-corrected chi connectivity index (χ0v) is 8.78. The van der Waals surface area contributed by atoms with E-state index >= 15 is 0 Å². The first-order valence-corrected chi connectivity index (χ1v) is 4.37. The zero-order valence-electron chi connectivity index (χ0n) is 8.02. The molecule has 6 N–H and O–H groups in total. The highest BCUT2D eigenvalue weighted by atomic mass is 35.5. The van der Waals surface area contributed by atoms with Gasteiger partial charge in [0.2, 0.25) is 0 Å². The van der Waals surface area contributed by atoms with Gasteiger partial charge in [-0.1, -0.05) is 23.7 Å². The van der Waals surface area contributed by atoms with E-state index < -0.39 is 4.92 Å². The SMILES string of the molecule is N.NC1CN1.O=[N+]([O-])c1ccccc1Cl. The summed E-state index contributed by atoms with van der Waals surface area (Å²) in [4.78, 5) is 9.63. The second-order valence-corrected chi connectivity index (χ2v) is 3.13. The van der Waals surface area contributed by atoms with Gasteiger partial charge in [-0.05, 0) is 6.07 Å². The fourth-order valence-corrected chi connectivity index (χ4v) is 0.873. The van der Waals surface area contributed by atoms with Crippen molar-refractivity contribution in [2.24, 2.45) is 5.73 Å². The lowest BCUT2D eigenvalue weighted by molar-refractivity contribution is -0.384. The predicted octanol–water partition coefficient (Wildman–Crippen LogP) is 1.28. The van der Waals surface area contributed by atoms with Gasteiger partial charge in [0.1, 0.15) is 5.02 Å². The fourth-order valence-electron chi connectivity index (χ4n) is 0.668. The Morgan fingerprint density at radius 3 is 2.27 bits per heavy atom. The van der Waals surface area contributed by atoms with E-state index in [1.807, 2.05) is 0 Å². The van der Waals surface area contributed by atoms with Gasteiger partial charge in [-0.2, -0.15) is 0 Å². The van der Waals surface area contributed by atoms with Crippen LogP contribution in [0.25, 0.3) is 0 Å². The molecule has 7 heteroatoms. The topological polar surface area (TPSA) is 126 Å². The van der Waals surface area contributed by atoms with Crippen LogP contribution in [-0.4, -0.2) is 17.6 Å². The Morgan fingerprint density at radius 2 is 2.00 bits per heavy atom. The number of benzene rings is 1. The van der Waals surface area contributed by atoms with Gasteiger partial charge in [-0.15, -0.1) is 0 Å². The van der Waals surface area contributed by atoms with Gasteiger partial charge in [0.25, 0.3) is 5.69 Å². The van der Waals surface area contributed by atoms with Crippen LogP contribution in [0.15, 0.2) is 24.3 Å². The molecule has 0 aromatic heterocycles. The van der Waals surface area contributed by atoms with Crippen molar-refractivity contribution in [2.45, 2.75) is 6.17 Å². The van der Waals surface area contributed by atoms with Gasteiger partial charge >= 0.3 is 0 Å².